The molecule has 7 heteroatoms. The van der Waals surface area contributed by atoms with Crippen LogP contribution in [0.3, 0.4) is 0 Å². The summed E-state index contributed by atoms with van der Waals surface area (Å²) in [5.41, 5.74) is 16.1. The third kappa shape index (κ3) is 9.23. The number of aryl methyl sites for hydroxylation is 1. The van der Waals surface area contributed by atoms with Crippen LogP contribution in [0.15, 0.2) is 128 Å². The molecule has 3 heterocycles. The van der Waals surface area contributed by atoms with E-state index in [0.717, 1.165) is 71.6 Å². The number of aromatic nitrogens is 4. The molecule has 9 aromatic rings. The van der Waals surface area contributed by atoms with Crippen molar-refractivity contribution in [1.29, 1.82) is 0 Å². The maximum absolute atomic E-state index is 12.6. The van der Waals surface area contributed by atoms with Crippen molar-refractivity contribution in [3.63, 3.8) is 0 Å². The van der Waals surface area contributed by atoms with E-state index in [1.54, 1.807) is 17.7 Å². The van der Waals surface area contributed by atoms with Crippen molar-refractivity contribution in [2.75, 3.05) is 0 Å². The van der Waals surface area contributed by atoms with E-state index >= 15 is 0 Å². The van der Waals surface area contributed by atoms with Crippen LogP contribution >= 0.6 is 11.3 Å². The van der Waals surface area contributed by atoms with Crippen molar-refractivity contribution in [2.24, 2.45) is 0 Å². The van der Waals surface area contributed by atoms with Gasteiger partial charge < -0.3 is 5.11 Å². The normalized spacial score (nSPS) is 12.7. The van der Waals surface area contributed by atoms with Gasteiger partial charge in [0.2, 0.25) is 0 Å². The summed E-state index contributed by atoms with van der Waals surface area (Å²) in [6.07, 6.45) is 1.71. The fourth-order valence-electron chi connectivity index (χ4n) is 9.67. The molecule has 0 atom stereocenters. The number of imidazole rings is 1. The van der Waals surface area contributed by atoms with Crippen molar-refractivity contribution >= 4 is 32.6 Å². The summed E-state index contributed by atoms with van der Waals surface area (Å²) in [6, 6.07) is 47.5. The van der Waals surface area contributed by atoms with Crippen molar-refractivity contribution in [3.8, 4) is 56.3 Å². The zero-order chi connectivity index (χ0) is 49.6. The summed E-state index contributed by atoms with van der Waals surface area (Å²) in [5.74, 6) is 0.929. The van der Waals surface area contributed by atoms with E-state index in [0.29, 0.717) is 11.4 Å². The predicted molar refractivity (Wildman–Crippen MR) is 292 cm³/mol. The van der Waals surface area contributed by atoms with Crippen LogP contribution in [-0.4, -0.2) is 24.6 Å². The molecular formula is C63H67N4OPtS-. The maximum Gasteiger partial charge on any atom is 0.148 e. The molecule has 0 radical (unpaired) electrons. The van der Waals surface area contributed by atoms with Gasteiger partial charge in [-0.05, 0) is 80.7 Å². The van der Waals surface area contributed by atoms with E-state index in [1.165, 1.54) is 27.1 Å². The minimum atomic E-state index is -0.337. The second kappa shape index (κ2) is 18.2. The topological polar surface area (TPSA) is 63.8 Å². The van der Waals surface area contributed by atoms with Crippen molar-refractivity contribution < 1.29 is 26.2 Å². The van der Waals surface area contributed by atoms with Crippen molar-refractivity contribution in [1.82, 2.24) is 19.5 Å². The standard InChI is InChI=1S/C63H67N4OS.Pt/c1-38-52-56(69-57(38)63(14,15)42-25-20-17-21-26-42)53(65-37-64-52)41-31-40(32-44(33-41)60(5,6)7)46-27-22-28-51-54(46)66-58(48-35-45(61(8,9)10)36-49(55(48)68)62(11,12)13)67(51)50-30-29-43(59(2,3)4)34-47(50)39-23-18-16-19-24-39;/h16-30,32-37,68H,1-15H3;/q-1;. The molecule has 362 valence electrons. The van der Waals surface area contributed by atoms with E-state index < -0.39 is 0 Å². The van der Waals surface area contributed by atoms with Crippen LogP contribution in [-0.2, 0) is 48.1 Å². The third-order valence-corrected chi connectivity index (χ3v) is 15.6. The van der Waals surface area contributed by atoms with Gasteiger partial charge in [0, 0.05) is 52.9 Å². The van der Waals surface area contributed by atoms with Gasteiger partial charge in [-0.15, -0.1) is 40.7 Å². The molecule has 0 unspecified atom stereocenters. The molecule has 1 N–H and O–H groups in total. The average molecular weight is 1120 g/mol. The van der Waals surface area contributed by atoms with Crippen LogP contribution < -0.4 is 0 Å². The molecule has 0 saturated carbocycles. The van der Waals surface area contributed by atoms with Crippen LogP contribution in [0, 0.1) is 13.0 Å². The largest absolute Gasteiger partial charge is 0.507 e. The first-order valence-corrected chi connectivity index (χ1v) is 25.1. The Morgan fingerprint density at radius 3 is 1.77 bits per heavy atom. The fourth-order valence-corrected chi connectivity index (χ4v) is 11.1. The summed E-state index contributed by atoms with van der Waals surface area (Å²) < 4.78 is 3.34. The Morgan fingerprint density at radius 2 is 1.14 bits per heavy atom. The number of aromatic hydroxyl groups is 1. The molecule has 0 amide bonds. The number of phenols is 1. The van der Waals surface area contributed by atoms with Gasteiger partial charge >= 0.3 is 0 Å². The molecular weight excluding hydrogens is 1060 g/mol. The summed E-state index contributed by atoms with van der Waals surface area (Å²) in [5, 5.41) is 12.6. The zero-order valence-corrected chi connectivity index (χ0v) is 46.7. The number of hydrogen-bond donors (Lipinski definition) is 1. The van der Waals surface area contributed by atoms with E-state index in [2.05, 4.69) is 236 Å². The molecule has 6 aromatic carbocycles. The van der Waals surface area contributed by atoms with Crippen molar-refractivity contribution in [2.45, 2.75) is 131 Å². The first-order valence-electron chi connectivity index (χ1n) is 24.3. The SMILES string of the molecule is Cc1c(C(C)(C)c2ccccc2)sc2c(-c3[c-]c(-c4cccc5c4nc(-c4cc(C(C)(C)C)cc(C(C)(C)C)c4O)n5-c4ccc(C(C)(C)C)cc4-c4ccccc4)cc(C(C)(C)C)c3)ncnc12.[Pt]. The molecule has 5 nitrogen and oxygen atoms in total. The Bertz CT molecular complexity index is 3410. The molecule has 70 heavy (non-hydrogen) atoms. The summed E-state index contributed by atoms with van der Waals surface area (Å²) in [4.78, 5) is 17.0. The predicted octanol–water partition coefficient (Wildman–Crippen LogP) is 17.0. The van der Waals surface area contributed by atoms with Crippen LogP contribution in [0.2, 0.25) is 0 Å². The van der Waals surface area contributed by atoms with E-state index in [4.69, 9.17) is 15.0 Å². The van der Waals surface area contributed by atoms with Crippen LogP contribution in [0.25, 0.3) is 71.8 Å². The summed E-state index contributed by atoms with van der Waals surface area (Å²) in [6.45, 7) is 33.6. The smallest absolute Gasteiger partial charge is 0.148 e. The van der Waals surface area contributed by atoms with E-state index in [-0.39, 0.29) is 53.9 Å². The number of rotatable bonds is 7. The molecule has 0 aliphatic rings. The molecule has 0 bridgehead atoms. The first-order chi connectivity index (χ1) is 32.3. The molecule has 0 aliphatic heterocycles. The summed E-state index contributed by atoms with van der Waals surface area (Å²) >= 11 is 1.79. The third-order valence-electron chi connectivity index (χ3n) is 13.9. The Labute approximate surface area is 434 Å². The monoisotopic (exact) mass is 1120 g/mol. The fraction of sp³-hybridized carbons (Fsp3) is 0.317. The van der Waals surface area contributed by atoms with Gasteiger partial charge in [0.25, 0.3) is 0 Å². The molecule has 3 aromatic heterocycles. The summed E-state index contributed by atoms with van der Waals surface area (Å²) in [7, 11) is 0. The quantitative estimate of drug-likeness (QED) is 0.162. The van der Waals surface area contributed by atoms with Gasteiger partial charge in [0.15, 0.2) is 0 Å². The molecule has 0 spiro atoms. The molecule has 0 saturated heterocycles. The number of benzene rings is 6. The Kier molecular flexibility index (Phi) is 13.2. The van der Waals surface area contributed by atoms with Crippen LogP contribution in [0.1, 0.15) is 135 Å². The van der Waals surface area contributed by atoms with Gasteiger partial charge in [-0.25, -0.2) is 9.97 Å². The average Bonchev–Trinajstić information content (AvgIpc) is 3.86. The Hall–Kier alpha value is -5.68. The minimum Gasteiger partial charge on any atom is -0.507 e. The molecule has 0 aliphatic carbocycles. The van der Waals surface area contributed by atoms with Gasteiger partial charge in [0.1, 0.15) is 17.9 Å². The van der Waals surface area contributed by atoms with E-state index in [9.17, 15) is 5.11 Å². The molecule has 0 fully saturated rings. The van der Waals surface area contributed by atoms with Gasteiger partial charge in [-0.3, -0.25) is 9.55 Å². The number of para-hydroxylation sites is 1. The number of nitrogens with zero attached hydrogens (tertiary/aromatic N) is 4. The Balaban J connectivity index is 0.00000659. The van der Waals surface area contributed by atoms with E-state index in [1.807, 2.05) is 0 Å². The van der Waals surface area contributed by atoms with Gasteiger partial charge in [-0.2, -0.15) is 0 Å². The maximum atomic E-state index is 12.6. The number of phenolic OH excluding ortho intramolecular Hbond substituents is 1. The van der Waals surface area contributed by atoms with Gasteiger partial charge in [-0.1, -0.05) is 193 Å². The first kappa shape index (κ1) is 50.7. The van der Waals surface area contributed by atoms with Gasteiger partial charge in [0.05, 0.1) is 27.8 Å². The number of thiophene rings is 1. The minimum absolute atomic E-state index is 0. The second-order valence-electron chi connectivity index (χ2n) is 23.6. The Morgan fingerprint density at radius 1 is 0.543 bits per heavy atom. The van der Waals surface area contributed by atoms with Crippen LogP contribution in [0.4, 0.5) is 0 Å². The van der Waals surface area contributed by atoms with Crippen LogP contribution in [0.5, 0.6) is 5.75 Å². The van der Waals surface area contributed by atoms with Crippen molar-refractivity contribution in [3.05, 3.63) is 172 Å². The molecule has 9 rings (SSSR count). The number of hydrogen-bond acceptors (Lipinski definition) is 5. The second-order valence-corrected chi connectivity index (χ2v) is 24.6. The zero-order valence-electron chi connectivity index (χ0n) is 43.6. The number of fused-ring (bicyclic) bond motifs is 2.